The first-order valence-corrected chi connectivity index (χ1v) is 7.16. The summed E-state index contributed by atoms with van der Waals surface area (Å²) in [5.41, 5.74) is 0.484. The first kappa shape index (κ1) is 14.8. The molecule has 22 heavy (non-hydrogen) atoms. The predicted molar refractivity (Wildman–Crippen MR) is 78.2 cm³/mol. The SMILES string of the molecule is CC1(C)OC[C@H]([C@@H](OC(=O)c2ccccc2)c2ccco2)O1. The zero-order valence-electron chi connectivity index (χ0n) is 12.5. The van der Waals surface area contributed by atoms with Crippen LogP contribution < -0.4 is 0 Å². The van der Waals surface area contributed by atoms with E-state index in [1.54, 1.807) is 42.7 Å². The van der Waals surface area contributed by atoms with Gasteiger partial charge in [-0.15, -0.1) is 0 Å². The van der Waals surface area contributed by atoms with Gasteiger partial charge in [0.1, 0.15) is 11.9 Å². The van der Waals surface area contributed by atoms with Gasteiger partial charge in [-0.3, -0.25) is 0 Å². The number of furan rings is 1. The van der Waals surface area contributed by atoms with Crippen LogP contribution in [-0.4, -0.2) is 24.5 Å². The largest absolute Gasteiger partial charge is 0.465 e. The molecule has 1 saturated heterocycles. The minimum absolute atomic E-state index is 0.334. The van der Waals surface area contributed by atoms with Crippen LogP contribution in [0.5, 0.6) is 0 Å². The van der Waals surface area contributed by atoms with E-state index >= 15 is 0 Å². The fourth-order valence-corrected chi connectivity index (χ4v) is 2.39. The third kappa shape index (κ3) is 3.21. The normalized spacial score (nSPS) is 21.5. The average Bonchev–Trinajstić information content (AvgIpc) is 3.15. The number of hydrogen-bond acceptors (Lipinski definition) is 5. The smallest absolute Gasteiger partial charge is 0.338 e. The summed E-state index contributed by atoms with van der Waals surface area (Å²) in [5, 5.41) is 0. The zero-order valence-corrected chi connectivity index (χ0v) is 12.5. The molecule has 2 heterocycles. The molecule has 2 atom stereocenters. The van der Waals surface area contributed by atoms with Crippen LogP contribution in [0, 0.1) is 0 Å². The number of carbonyl (C=O) groups is 1. The van der Waals surface area contributed by atoms with Gasteiger partial charge in [0.25, 0.3) is 0 Å². The van der Waals surface area contributed by atoms with Gasteiger partial charge in [0.15, 0.2) is 11.9 Å². The molecule has 0 spiro atoms. The quantitative estimate of drug-likeness (QED) is 0.811. The van der Waals surface area contributed by atoms with Gasteiger partial charge in [-0.25, -0.2) is 4.79 Å². The highest BCUT2D eigenvalue weighted by Crippen LogP contribution is 2.33. The van der Waals surface area contributed by atoms with Crippen molar-refractivity contribution in [1.29, 1.82) is 0 Å². The van der Waals surface area contributed by atoms with E-state index in [4.69, 9.17) is 18.6 Å². The summed E-state index contributed by atoms with van der Waals surface area (Å²) < 4.78 is 22.4. The Bertz CT molecular complexity index is 618. The van der Waals surface area contributed by atoms with Gasteiger partial charge in [0, 0.05) is 0 Å². The maximum atomic E-state index is 12.3. The van der Waals surface area contributed by atoms with Crippen LogP contribution >= 0.6 is 0 Å². The maximum Gasteiger partial charge on any atom is 0.338 e. The van der Waals surface area contributed by atoms with Crippen LogP contribution in [0.15, 0.2) is 53.1 Å². The van der Waals surface area contributed by atoms with E-state index in [1.807, 2.05) is 19.9 Å². The highest BCUT2D eigenvalue weighted by Gasteiger charge is 2.41. The minimum Gasteiger partial charge on any atom is -0.465 e. The lowest BCUT2D eigenvalue weighted by Gasteiger charge is -2.23. The lowest BCUT2D eigenvalue weighted by atomic mass is 10.1. The van der Waals surface area contributed by atoms with Crippen molar-refractivity contribution in [1.82, 2.24) is 0 Å². The van der Waals surface area contributed by atoms with Crippen molar-refractivity contribution in [2.45, 2.75) is 31.8 Å². The number of hydrogen-bond donors (Lipinski definition) is 0. The number of ether oxygens (including phenoxy) is 3. The Kier molecular flexibility index (Phi) is 4.00. The van der Waals surface area contributed by atoms with Gasteiger partial charge >= 0.3 is 5.97 Å². The van der Waals surface area contributed by atoms with Crippen molar-refractivity contribution in [3.63, 3.8) is 0 Å². The minimum atomic E-state index is -0.700. The molecule has 0 saturated carbocycles. The van der Waals surface area contributed by atoms with Gasteiger partial charge in [-0.05, 0) is 38.1 Å². The third-order valence-electron chi connectivity index (χ3n) is 3.44. The highest BCUT2D eigenvalue weighted by atomic mass is 16.8. The maximum absolute atomic E-state index is 12.3. The second-order valence-electron chi connectivity index (χ2n) is 5.57. The molecular formula is C17H18O5. The van der Waals surface area contributed by atoms with E-state index in [0.717, 1.165) is 0 Å². The standard InChI is InChI=1S/C17H18O5/c1-17(2)20-11-14(22-17)15(13-9-6-10-19-13)21-16(18)12-7-4-3-5-8-12/h3-10,14-15H,11H2,1-2H3/t14-,15+/m1/s1. The van der Waals surface area contributed by atoms with Gasteiger partial charge in [-0.1, -0.05) is 18.2 Å². The molecule has 0 aliphatic carbocycles. The second-order valence-corrected chi connectivity index (χ2v) is 5.57. The molecule has 1 aromatic heterocycles. The molecule has 1 fully saturated rings. The van der Waals surface area contributed by atoms with Crippen LogP contribution in [-0.2, 0) is 14.2 Å². The fourth-order valence-electron chi connectivity index (χ4n) is 2.39. The van der Waals surface area contributed by atoms with Crippen molar-refractivity contribution in [2.75, 3.05) is 6.61 Å². The first-order chi connectivity index (χ1) is 10.6. The summed E-state index contributed by atoms with van der Waals surface area (Å²) in [6, 6.07) is 12.3. The molecule has 5 heteroatoms. The molecule has 2 aromatic rings. The Balaban J connectivity index is 1.80. The van der Waals surface area contributed by atoms with Crippen molar-refractivity contribution in [3.8, 4) is 0 Å². The number of carbonyl (C=O) groups excluding carboxylic acids is 1. The number of rotatable bonds is 4. The summed E-state index contributed by atoms with van der Waals surface area (Å²) in [6.45, 7) is 3.98. The fraction of sp³-hybridized carbons (Fsp3) is 0.353. The predicted octanol–water partition coefficient (Wildman–Crippen LogP) is 3.33. The van der Waals surface area contributed by atoms with Gasteiger partial charge < -0.3 is 18.6 Å². The molecule has 5 nitrogen and oxygen atoms in total. The van der Waals surface area contributed by atoms with E-state index in [-0.39, 0.29) is 0 Å². The third-order valence-corrected chi connectivity index (χ3v) is 3.44. The molecular weight excluding hydrogens is 284 g/mol. The molecule has 1 aromatic carbocycles. The lowest BCUT2D eigenvalue weighted by Crippen LogP contribution is -2.28. The summed E-state index contributed by atoms with van der Waals surface area (Å²) >= 11 is 0. The van der Waals surface area contributed by atoms with Crippen molar-refractivity contribution in [3.05, 3.63) is 60.1 Å². The lowest BCUT2D eigenvalue weighted by molar-refractivity contribution is -0.153. The van der Waals surface area contributed by atoms with Crippen LogP contribution in [0.25, 0.3) is 0 Å². The monoisotopic (exact) mass is 302 g/mol. The Labute approximate surface area is 128 Å². The van der Waals surface area contributed by atoms with E-state index < -0.39 is 24.0 Å². The van der Waals surface area contributed by atoms with Gasteiger partial charge in [0.05, 0.1) is 18.4 Å². The second kappa shape index (κ2) is 5.94. The highest BCUT2D eigenvalue weighted by molar-refractivity contribution is 5.89. The Morgan fingerprint density at radius 1 is 1.23 bits per heavy atom. The number of esters is 1. The van der Waals surface area contributed by atoms with E-state index in [9.17, 15) is 4.79 Å². The van der Waals surface area contributed by atoms with Crippen LogP contribution in [0.2, 0.25) is 0 Å². The van der Waals surface area contributed by atoms with Gasteiger partial charge in [-0.2, -0.15) is 0 Å². The molecule has 1 aliphatic heterocycles. The first-order valence-electron chi connectivity index (χ1n) is 7.16. The summed E-state index contributed by atoms with van der Waals surface area (Å²) in [4.78, 5) is 12.3. The van der Waals surface area contributed by atoms with Crippen molar-refractivity contribution in [2.24, 2.45) is 0 Å². The molecule has 0 radical (unpaired) electrons. The van der Waals surface area contributed by atoms with E-state index in [1.165, 1.54) is 0 Å². The van der Waals surface area contributed by atoms with Crippen molar-refractivity contribution < 1.29 is 23.4 Å². The van der Waals surface area contributed by atoms with E-state index in [0.29, 0.717) is 17.9 Å². The molecule has 3 rings (SSSR count). The Morgan fingerprint density at radius 3 is 2.59 bits per heavy atom. The summed E-state index contributed by atoms with van der Waals surface area (Å²) in [7, 11) is 0. The summed E-state index contributed by atoms with van der Waals surface area (Å²) in [6.07, 6.45) is 0.484. The summed E-state index contributed by atoms with van der Waals surface area (Å²) in [5.74, 6) is -0.583. The molecule has 0 unspecified atom stereocenters. The number of benzene rings is 1. The molecule has 116 valence electrons. The Morgan fingerprint density at radius 2 is 2.00 bits per heavy atom. The molecule has 0 amide bonds. The molecule has 0 bridgehead atoms. The molecule has 0 N–H and O–H groups in total. The zero-order chi connectivity index (χ0) is 15.6. The van der Waals surface area contributed by atoms with E-state index in [2.05, 4.69) is 0 Å². The van der Waals surface area contributed by atoms with Crippen LogP contribution in [0.4, 0.5) is 0 Å². The Hall–Kier alpha value is -2.11. The van der Waals surface area contributed by atoms with Gasteiger partial charge in [0.2, 0.25) is 0 Å². The van der Waals surface area contributed by atoms with Crippen LogP contribution in [0.1, 0.15) is 36.1 Å². The van der Waals surface area contributed by atoms with Crippen LogP contribution in [0.3, 0.4) is 0 Å². The molecule has 1 aliphatic rings. The van der Waals surface area contributed by atoms with Crippen molar-refractivity contribution >= 4 is 5.97 Å². The topological polar surface area (TPSA) is 57.9 Å². The average molecular weight is 302 g/mol.